The molecule has 1 N–H and O–H groups in total. The van der Waals surface area contributed by atoms with Crippen LogP contribution in [0.3, 0.4) is 0 Å². The number of nitrogens with zero attached hydrogens (tertiary/aromatic N) is 1. The van der Waals surface area contributed by atoms with Crippen LogP contribution in [0.5, 0.6) is 5.75 Å². The van der Waals surface area contributed by atoms with Crippen LogP contribution in [0.4, 0.5) is 0 Å². The molecule has 1 fully saturated rings. The van der Waals surface area contributed by atoms with Gasteiger partial charge in [-0.05, 0) is 36.5 Å². The Kier molecular flexibility index (Phi) is 6.06. The van der Waals surface area contributed by atoms with Gasteiger partial charge < -0.3 is 10.1 Å². The first-order valence-electron chi connectivity index (χ1n) is 8.17. The Balaban J connectivity index is 1.96. The molecule has 1 aliphatic heterocycles. The number of ether oxygens (including phenoxy) is 1. The highest BCUT2D eigenvalue weighted by Gasteiger charge is 2.31. The van der Waals surface area contributed by atoms with Gasteiger partial charge in [-0.25, -0.2) is 12.7 Å². The summed E-state index contributed by atoms with van der Waals surface area (Å²) in [6.07, 6.45) is 3.14. The summed E-state index contributed by atoms with van der Waals surface area (Å²) < 4.78 is 30.3. The average Bonchev–Trinajstić information content (AvgIpc) is 2.52. The van der Waals surface area contributed by atoms with E-state index in [1.807, 2.05) is 13.0 Å². The zero-order chi connectivity index (χ0) is 17.0. The van der Waals surface area contributed by atoms with Crippen molar-refractivity contribution in [3.05, 3.63) is 29.3 Å². The van der Waals surface area contributed by atoms with Crippen molar-refractivity contribution in [3.63, 3.8) is 0 Å². The SMILES string of the molecule is CC[C@H]1CN(S(C)(=O)=O)CC[C@@H]1NCc1ccc(OC)c(C)c1. The van der Waals surface area contributed by atoms with E-state index in [9.17, 15) is 8.42 Å². The van der Waals surface area contributed by atoms with Crippen LogP contribution in [-0.2, 0) is 16.6 Å². The molecule has 5 nitrogen and oxygen atoms in total. The number of piperidine rings is 1. The lowest BCUT2D eigenvalue weighted by Crippen LogP contribution is -2.50. The van der Waals surface area contributed by atoms with Gasteiger partial charge in [0.1, 0.15) is 5.75 Å². The summed E-state index contributed by atoms with van der Waals surface area (Å²) in [5.74, 6) is 1.26. The van der Waals surface area contributed by atoms with Crippen LogP contribution in [-0.4, -0.2) is 45.2 Å². The molecule has 0 aliphatic carbocycles. The van der Waals surface area contributed by atoms with E-state index in [4.69, 9.17) is 4.74 Å². The van der Waals surface area contributed by atoms with E-state index in [0.717, 1.165) is 30.7 Å². The van der Waals surface area contributed by atoms with Gasteiger partial charge in [-0.15, -0.1) is 0 Å². The van der Waals surface area contributed by atoms with Crippen molar-refractivity contribution in [1.29, 1.82) is 0 Å². The molecule has 2 atom stereocenters. The quantitative estimate of drug-likeness (QED) is 0.862. The van der Waals surface area contributed by atoms with Gasteiger partial charge in [0.15, 0.2) is 0 Å². The summed E-state index contributed by atoms with van der Waals surface area (Å²) in [5.41, 5.74) is 2.36. The number of sulfonamides is 1. The van der Waals surface area contributed by atoms with E-state index in [2.05, 4.69) is 24.4 Å². The molecular weight excluding hydrogens is 312 g/mol. The molecule has 1 saturated heterocycles. The van der Waals surface area contributed by atoms with Gasteiger partial charge in [0.05, 0.1) is 13.4 Å². The molecule has 1 heterocycles. The van der Waals surface area contributed by atoms with Crippen molar-refractivity contribution < 1.29 is 13.2 Å². The van der Waals surface area contributed by atoms with Crippen LogP contribution in [0.2, 0.25) is 0 Å². The predicted molar refractivity (Wildman–Crippen MR) is 93.2 cm³/mol. The Bertz CT molecular complexity index is 631. The van der Waals surface area contributed by atoms with Gasteiger partial charge in [0, 0.05) is 25.7 Å². The van der Waals surface area contributed by atoms with E-state index >= 15 is 0 Å². The topological polar surface area (TPSA) is 58.6 Å². The number of hydrogen-bond acceptors (Lipinski definition) is 4. The minimum absolute atomic E-state index is 0.359. The van der Waals surface area contributed by atoms with Crippen LogP contribution in [0.15, 0.2) is 18.2 Å². The molecule has 0 aromatic heterocycles. The van der Waals surface area contributed by atoms with Crippen LogP contribution in [0.1, 0.15) is 30.9 Å². The maximum atomic E-state index is 11.7. The first-order chi connectivity index (χ1) is 10.8. The lowest BCUT2D eigenvalue weighted by molar-refractivity contribution is 0.202. The van der Waals surface area contributed by atoms with Crippen molar-refractivity contribution in [1.82, 2.24) is 9.62 Å². The summed E-state index contributed by atoms with van der Waals surface area (Å²) in [7, 11) is -1.40. The highest BCUT2D eigenvalue weighted by atomic mass is 32.2. The van der Waals surface area contributed by atoms with Gasteiger partial charge in [0.25, 0.3) is 0 Å². The standard InChI is InChI=1S/C17H28N2O3S/c1-5-15-12-19(23(4,20)21)9-8-16(15)18-11-14-6-7-17(22-3)13(2)10-14/h6-7,10,15-16,18H,5,8-9,11-12H2,1-4H3/t15-,16-/m0/s1. The molecule has 1 aliphatic rings. The Hall–Kier alpha value is -1.11. The summed E-state index contributed by atoms with van der Waals surface area (Å²) in [5, 5.41) is 3.61. The molecule has 0 unspecified atom stereocenters. The minimum atomic E-state index is -3.08. The highest BCUT2D eigenvalue weighted by molar-refractivity contribution is 7.88. The van der Waals surface area contributed by atoms with Crippen LogP contribution in [0, 0.1) is 12.8 Å². The first-order valence-corrected chi connectivity index (χ1v) is 10.0. The number of hydrogen-bond donors (Lipinski definition) is 1. The molecular formula is C17H28N2O3S. The molecule has 0 bridgehead atoms. The summed E-state index contributed by atoms with van der Waals surface area (Å²) >= 11 is 0. The lowest BCUT2D eigenvalue weighted by Gasteiger charge is -2.37. The Morgan fingerprint density at radius 3 is 2.70 bits per heavy atom. The molecule has 23 heavy (non-hydrogen) atoms. The number of nitrogens with one attached hydrogen (secondary N) is 1. The minimum Gasteiger partial charge on any atom is -0.496 e. The second kappa shape index (κ2) is 7.64. The largest absolute Gasteiger partial charge is 0.496 e. The van der Waals surface area contributed by atoms with Crippen molar-refractivity contribution in [2.75, 3.05) is 26.5 Å². The van der Waals surface area contributed by atoms with E-state index in [1.54, 1.807) is 11.4 Å². The normalized spacial score (nSPS) is 23.0. The molecule has 1 aromatic rings. The van der Waals surface area contributed by atoms with Gasteiger partial charge >= 0.3 is 0 Å². The fraction of sp³-hybridized carbons (Fsp3) is 0.647. The molecule has 130 valence electrons. The van der Waals surface area contributed by atoms with E-state index in [-0.39, 0.29) is 0 Å². The zero-order valence-electron chi connectivity index (χ0n) is 14.5. The molecule has 1 aromatic carbocycles. The fourth-order valence-electron chi connectivity index (χ4n) is 3.28. The third-order valence-electron chi connectivity index (χ3n) is 4.72. The number of methoxy groups -OCH3 is 1. The van der Waals surface area contributed by atoms with Crippen LogP contribution >= 0.6 is 0 Å². The van der Waals surface area contributed by atoms with Crippen molar-refractivity contribution in [2.24, 2.45) is 5.92 Å². The van der Waals surface area contributed by atoms with Crippen LogP contribution < -0.4 is 10.1 Å². The maximum Gasteiger partial charge on any atom is 0.211 e. The fourth-order valence-corrected chi connectivity index (χ4v) is 4.18. The lowest BCUT2D eigenvalue weighted by atomic mass is 9.91. The summed E-state index contributed by atoms with van der Waals surface area (Å²) in [6.45, 7) is 6.19. The molecule has 0 spiro atoms. The average molecular weight is 340 g/mol. The Morgan fingerprint density at radius 2 is 2.13 bits per heavy atom. The smallest absolute Gasteiger partial charge is 0.211 e. The molecule has 0 saturated carbocycles. The second-order valence-corrected chi connectivity index (χ2v) is 8.35. The Morgan fingerprint density at radius 1 is 1.39 bits per heavy atom. The molecule has 0 radical (unpaired) electrons. The highest BCUT2D eigenvalue weighted by Crippen LogP contribution is 2.23. The Labute approximate surface area is 140 Å². The summed E-state index contributed by atoms with van der Waals surface area (Å²) in [4.78, 5) is 0. The van der Waals surface area contributed by atoms with Crippen molar-refractivity contribution in [2.45, 2.75) is 39.3 Å². The third-order valence-corrected chi connectivity index (χ3v) is 5.99. The van der Waals surface area contributed by atoms with Gasteiger partial charge in [-0.2, -0.15) is 0 Å². The van der Waals surface area contributed by atoms with Gasteiger partial charge in [0.2, 0.25) is 10.0 Å². The number of rotatable bonds is 6. The first kappa shape index (κ1) is 18.2. The number of aryl methyl sites for hydroxylation is 1. The van der Waals surface area contributed by atoms with E-state index in [0.29, 0.717) is 25.0 Å². The maximum absolute atomic E-state index is 11.7. The van der Waals surface area contributed by atoms with Crippen LogP contribution in [0.25, 0.3) is 0 Å². The van der Waals surface area contributed by atoms with E-state index < -0.39 is 10.0 Å². The zero-order valence-corrected chi connectivity index (χ0v) is 15.3. The number of benzene rings is 1. The molecule has 6 heteroatoms. The van der Waals surface area contributed by atoms with Gasteiger partial charge in [-0.3, -0.25) is 0 Å². The van der Waals surface area contributed by atoms with Crippen molar-refractivity contribution >= 4 is 10.0 Å². The molecule has 0 amide bonds. The van der Waals surface area contributed by atoms with Crippen molar-refractivity contribution in [3.8, 4) is 5.75 Å². The van der Waals surface area contributed by atoms with Gasteiger partial charge in [-0.1, -0.05) is 25.5 Å². The molecule has 2 rings (SSSR count). The summed E-state index contributed by atoms with van der Waals surface area (Å²) in [6, 6.07) is 6.57. The third kappa shape index (κ3) is 4.68. The van der Waals surface area contributed by atoms with E-state index in [1.165, 1.54) is 11.8 Å². The predicted octanol–water partition coefficient (Wildman–Crippen LogP) is 2.15. The monoisotopic (exact) mass is 340 g/mol. The second-order valence-electron chi connectivity index (χ2n) is 6.37.